The lowest BCUT2D eigenvalue weighted by molar-refractivity contribution is 0.138. The van der Waals surface area contributed by atoms with Crippen molar-refractivity contribution in [3.63, 3.8) is 0 Å². The van der Waals surface area contributed by atoms with Crippen molar-refractivity contribution < 1.29 is 4.74 Å². The smallest absolute Gasteiger partial charge is 0.141 e. The molecule has 4 nitrogen and oxygen atoms in total. The number of ether oxygens (including phenoxy) is 1. The average molecular weight is 314 g/mol. The molecule has 0 atom stereocenters. The number of hydrogen-bond acceptors (Lipinski definition) is 4. The molecule has 2 heterocycles. The second-order valence-electron chi connectivity index (χ2n) is 6.14. The standard InChI is InChI=1S/C17H16ClN3O/c1-9-13(7-19)16(20)21-8-14(9)11-4-10(18)5-15-12(11)6-17(2,3)22-15/h4-5,8H,6H2,1-3H3,(H2,20,21). The monoisotopic (exact) mass is 313 g/mol. The molecular formula is C17H16ClN3O. The molecular weight excluding hydrogens is 298 g/mol. The van der Waals surface area contributed by atoms with E-state index >= 15 is 0 Å². The lowest BCUT2D eigenvalue weighted by Crippen LogP contribution is -2.24. The summed E-state index contributed by atoms with van der Waals surface area (Å²) in [5, 5.41) is 9.88. The molecule has 112 valence electrons. The fourth-order valence-electron chi connectivity index (χ4n) is 2.92. The largest absolute Gasteiger partial charge is 0.487 e. The summed E-state index contributed by atoms with van der Waals surface area (Å²) >= 11 is 6.24. The molecule has 3 rings (SSSR count). The first kappa shape index (κ1) is 14.7. The van der Waals surface area contributed by atoms with Crippen LogP contribution in [0.15, 0.2) is 18.3 Å². The highest BCUT2D eigenvalue weighted by atomic mass is 35.5. The number of nitrogens with zero attached hydrogens (tertiary/aromatic N) is 2. The molecule has 0 aliphatic carbocycles. The van der Waals surface area contributed by atoms with E-state index in [4.69, 9.17) is 22.1 Å². The molecule has 0 radical (unpaired) electrons. The minimum absolute atomic E-state index is 0.249. The van der Waals surface area contributed by atoms with E-state index in [0.29, 0.717) is 10.6 Å². The molecule has 0 bridgehead atoms. The Kier molecular flexibility index (Phi) is 3.26. The molecule has 0 amide bonds. The summed E-state index contributed by atoms with van der Waals surface area (Å²) in [6, 6.07) is 5.85. The molecule has 0 saturated heterocycles. The van der Waals surface area contributed by atoms with Crippen LogP contribution in [-0.4, -0.2) is 10.6 Å². The first-order valence-corrected chi connectivity index (χ1v) is 7.37. The topological polar surface area (TPSA) is 71.9 Å². The number of hydrogen-bond donors (Lipinski definition) is 1. The van der Waals surface area contributed by atoms with Gasteiger partial charge in [-0.2, -0.15) is 5.26 Å². The van der Waals surface area contributed by atoms with Crippen molar-refractivity contribution in [3.05, 3.63) is 40.0 Å². The van der Waals surface area contributed by atoms with Crippen molar-refractivity contribution >= 4 is 17.4 Å². The van der Waals surface area contributed by atoms with Crippen molar-refractivity contribution in [1.29, 1.82) is 5.26 Å². The first-order chi connectivity index (χ1) is 10.3. The van der Waals surface area contributed by atoms with Crippen LogP contribution in [0.1, 0.15) is 30.5 Å². The number of aromatic nitrogens is 1. The number of halogens is 1. The number of nitriles is 1. The predicted octanol–water partition coefficient (Wildman–Crippen LogP) is 3.88. The zero-order valence-corrected chi connectivity index (χ0v) is 13.5. The molecule has 1 aromatic heterocycles. The van der Waals surface area contributed by atoms with Gasteiger partial charge >= 0.3 is 0 Å². The van der Waals surface area contributed by atoms with Gasteiger partial charge in [0.1, 0.15) is 23.2 Å². The van der Waals surface area contributed by atoms with Crippen LogP contribution in [0.2, 0.25) is 5.02 Å². The maximum absolute atomic E-state index is 9.28. The Morgan fingerprint density at radius 1 is 1.36 bits per heavy atom. The molecule has 0 fully saturated rings. The Morgan fingerprint density at radius 3 is 2.77 bits per heavy atom. The maximum Gasteiger partial charge on any atom is 0.141 e. The third-order valence-electron chi connectivity index (χ3n) is 3.93. The van der Waals surface area contributed by atoms with E-state index in [1.807, 2.05) is 32.9 Å². The van der Waals surface area contributed by atoms with Gasteiger partial charge in [0.15, 0.2) is 0 Å². The van der Waals surface area contributed by atoms with E-state index in [9.17, 15) is 5.26 Å². The zero-order chi connectivity index (χ0) is 16.1. The Labute approximate surface area is 134 Å². The molecule has 5 heteroatoms. The molecule has 0 spiro atoms. The Morgan fingerprint density at radius 2 is 2.09 bits per heavy atom. The molecule has 1 aromatic carbocycles. The van der Waals surface area contributed by atoms with Crippen LogP contribution < -0.4 is 10.5 Å². The van der Waals surface area contributed by atoms with Gasteiger partial charge in [0.05, 0.1) is 5.56 Å². The van der Waals surface area contributed by atoms with Crippen LogP contribution in [-0.2, 0) is 6.42 Å². The van der Waals surface area contributed by atoms with Gasteiger partial charge in [0.2, 0.25) is 0 Å². The van der Waals surface area contributed by atoms with Crippen LogP contribution >= 0.6 is 11.6 Å². The van der Waals surface area contributed by atoms with E-state index in [1.165, 1.54) is 0 Å². The first-order valence-electron chi connectivity index (χ1n) is 6.99. The molecule has 22 heavy (non-hydrogen) atoms. The minimum atomic E-state index is -0.269. The summed E-state index contributed by atoms with van der Waals surface area (Å²) in [4.78, 5) is 4.15. The van der Waals surface area contributed by atoms with E-state index in [0.717, 1.165) is 34.4 Å². The highest BCUT2D eigenvalue weighted by molar-refractivity contribution is 6.31. The maximum atomic E-state index is 9.28. The minimum Gasteiger partial charge on any atom is -0.487 e. The fourth-order valence-corrected chi connectivity index (χ4v) is 3.13. The van der Waals surface area contributed by atoms with Crippen LogP contribution in [0.25, 0.3) is 11.1 Å². The summed E-state index contributed by atoms with van der Waals surface area (Å²) in [5.74, 6) is 1.04. The number of pyridine rings is 1. The molecule has 2 N–H and O–H groups in total. The SMILES string of the molecule is Cc1c(-c2cc(Cl)cc3c2CC(C)(C)O3)cnc(N)c1C#N. The predicted molar refractivity (Wildman–Crippen MR) is 87.0 cm³/mol. The summed E-state index contributed by atoms with van der Waals surface area (Å²) in [6.07, 6.45) is 2.48. The number of nitrogen functional groups attached to an aromatic ring is 1. The highest BCUT2D eigenvalue weighted by Crippen LogP contribution is 2.43. The number of benzene rings is 1. The summed E-state index contributed by atoms with van der Waals surface area (Å²) in [7, 11) is 0. The second kappa shape index (κ2) is 4.89. The van der Waals surface area contributed by atoms with Crippen molar-refractivity contribution in [2.75, 3.05) is 5.73 Å². The van der Waals surface area contributed by atoms with Crippen LogP contribution in [0.3, 0.4) is 0 Å². The van der Waals surface area contributed by atoms with Crippen LogP contribution in [0.5, 0.6) is 5.75 Å². The highest BCUT2D eigenvalue weighted by Gasteiger charge is 2.33. The van der Waals surface area contributed by atoms with Crippen LogP contribution in [0, 0.1) is 18.3 Å². The Hall–Kier alpha value is -2.25. The summed E-state index contributed by atoms with van der Waals surface area (Å²) in [6.45, 7) is 5.96. The van der Waals surface area contributed by atoms with E-state index in [-0.39, 0.29) is 11.4 Å². The number of anilines is 1. The third-order valence-corrected chi connectivity index (χ3v) is 4.15. The summed E-state index contributed by atoms with van der Waals surface area (Å²) in [5.41, 5.74) is 9.64. The van der Waals surface area contributed by atoms with Gasteiger partial charge in [-0.25, -0.2) is 4.98 Å². The van der Waals surface area contributed by atoms with Crippen molar-refractivity contribution in [2.45, 2.75) is 32.8 Å². The molecule has 2 aromatic rings. The normalized spacial score (nSPS) is 15.0. The molecule has 0 unspecified atom stereocenters. The van der Waals surface area contributed by atoms with Crippen LogP contribution in [0.4, 0.5) is 5.82 Å². The third kappa shape index (κ3) is 2.28. The fraction of sp³-hybridized carbons (Fsp3) is 0.294. The van der Waals surface area contributed by atoms with Gasteiger partial charge in [-0.1, -0.05) is 11.6 Å². The Bertz CT molecular complexity index is 822. The van der Waals surface area contributed by atoms with Crippen molar-refractivity contribution in [3.8, 4) is 22.9 Å². The lowest BCUT2D eigenvalue weighted by atomic mass is 9.91. The van der Waals surface area contributed by atoms with Gasteiger partial charge in [0, 0.05) is 28.8 Å². The van der Waals surface area contributed by atoms with Gasteiger partial charge in [-0.05, 0) is 44.0 Å². The summed E-state index contributed by atoms with van der Waals surface area (Å²) < 4.78 is 5.96. The quantitative estimate of drug-likeness (QED) is 0.867. The average Bonchev–Trinajstić information content (AvgIpc) is 2.72. The number of fused-ring (bicyclic) bond motifs is 1. The second-order valence-corrected chi connectivity index (χ2v) is 6.57. The lowest BCUT2D eigenvalue weighted by Gasteiger charge is -2.16. The number of rotatable bonds is 1. The molecule has 0 saturated carbocycles. The van der Waals surface area contributed by atoms with Gasteiger partial charge in [-0.15, -0.1) is 0 Å². The van der Waals surface area contributed by atoms with E-state index < -0.39 is 0 Å². The van der Waals surface area contributed by atoms with E-state index in [1.54, 1.807) is 6.20 Å². The van der Waals surface area contributed by atoms with Gasteiger partial charge in [0.25, 0.3) is 0 Å². The number of nitrogens with two attached hydrogens (primary N) is 1. The van der Waals surface area contributed by atoms with E-state index in [2.05, 4.69) is 11.1 Å². The van der Waals surface area contributed by atoms with Crippen molar-refractivity contribution in [1.82, 2.24) is 4.98 Å². The van der Waals surface area contributed by atoms with Crippen molar-refractivity contribution in [2.24, 2.45) is 0 Å². The van der Waals surface area contributed by atoms with Gasteiger partial charge < -0.3 is 10.5 Å². The molecule has 1 aliphatic rings. The van der Waals surface area contributed by atoms with Gasteiger partial charge in [-0.3, -0.25) is 0 Å². The molecule has 1 aliphatic heterocycles. The Balaban J connectivity index is 2.26. The zero-order valence-electron chi connectivity index (χ0n) is 12.7.